The van der Waals surface area contributed by atoms with Gasteiger partial charge in [0.1, 0.15) is 12.3 Å². The molecule has 0 radical (unpaired) electrons. The number of imide groups is 1. The summed E-state index contributed by atoms with van der Waals surface area (Å²) in [5, 5.41) is 2.68. The van der Waals surface area contributed by atoms with Crippen LogP contribution in [0.5, 0.6) is 5.75 Å². The Balaban J connectivity index is 1.50. The minimum absolute atomic E-state index is 0.156. The van der Waals surface area contributed by atoms with Crippen LogP contribution in [0.1, 0.15) is 38.8 Å². The topological polar surface area (TPSA) is 79.0 Å². The molecule has 0 spiro atoms. The van der Waals surface area contributed by atoms with Gasteiger partial charge in [0, 0.05) is 29.0 Å². The zero-order valence-electron chi connectivity index (χ0n) is 20.8. The Hall–Kier alpha value is -3.23. The van der Waals surface area contributed by atoms with Gasteiger partial charge in [-0.15, -0.1) is 0 Å². The lowest BCUT2D eigenvalue weighted by molar-refractivity contribution is -0.127. The van der Waals surface area contributed by atoms with Gasteiger partial charge in [0.25, 0.3) is 11.1 Å². The third kappa shape index (κ3) is 5.15. The summed E-state index contributed by atoms with van der Waals surface area (Å²) in [7, 11) is 2.02. The third-order valence-corrected chi connectivity index (χ3v) is 7.48. The molecule has 3 amide bonds. The molecular weight excluding hydrogens is 498 g/mol. The number of hydrogen-bond donors (Lipinski definition) is 1. The molecule has 1 fully saturated rings. The Kier molecular flexibility index (Phi) is 7.20. The van der Waals surface area contributed by atoms with E-state index < -0.39 is 17.1 Å². The predicted octanol–water partition coefficient (Wildman–Crippen LogP) is 6.05. The van der Waals surface area contributed by atoms with Gasteiger partial charge in [-0.2, -0.15) is 0 Å². The molecular formula is C27H28ClN3O4S. The molecule has 36 heavy (non-hydrogen) atoms. The Morgan fingerprint density at radius 1 is 1.19 bits per heavy atom. The van der Waals surface area contributed by atoms with Crippen molar-refractivity contribution >= 4 is 63.4 Å². The van der Waals surface area contributed by atoms with Gasteiger partial charge < -0.3 is 15.0 Å². The number of amides is 3. The molecule has 0 atom stereocenters. The second-order valence-electron chi connectivity index (χ2n) is 9.20. The van der Waals surface area contributed by atoms with Crippen molar-refractivity contribution < 1.29 is 19.1 Å². The van der Waals surface area contributed by atoms with Crippen molar-refractivity contribution in [3.63, 3.8) is 0 Å². The fourth-order valence-corrected chi connectivity index (χ4v) is 5.26. The highest BCUT2D eigenvalue weighted by molar-refractivity contribution is 8.18. The number of likely N-dealkylation sites (N-methyl/N-ethyl adjacent to an activating group) is 1. The van der Waals surface area contributed by atoms with E-state index in [9.17, 15) is 14.4 Å². The summed E-state index contributed by atoms with van der Waals surface area (Å²) in [5.74, 6) is -0.305. The number of thioether (sulfide) groups is 1. The quantitative estimate of drug-likeness (QED) is 0.463. The van der Waals surface area contributed by atoms with Crippen LogP contribution in [0.4, 0.5) is 16.2 Å². The molecule has 2 aliphatic heterocycles. The number of benzene rings is 2. The van der Waals surface area contributed by atoms with E-state index in [0.29, 0.717) is 28.6 Å². The van der Waals surface area contributed by atoms with E-state index >= 15 is 0 Å². The Labute approximate surface area is 220 Å². The fourth-order valence-electron chi connectivity index (χ4n) is 4.22. The van der Waals surface area contributed by atoms with Gasteiger partial charge in [-0.1, -0.05) is 17.7 Å². The highest BCUT2D eigenvalue weighted by Crippen LogP contribution is 2.42. The van der Waals surface area contributed by atoms with E-state index in [0.717, 1.165) is 33.5 Å². The van der Waals surface area contributed by atoms with Crippen LogP contribution in [0.2, 0.25) is 5.02 Å². The summed E-state index contributed by atoms with van der Waals surface area (Å²) in [6.45, 7) is 8.35. The van der Waals surface area contributed by atoms with E-state index in [-0.39, 0.29) is 17.0 Å². The lowest BCUT2D eigenvalue weighted by Gasteiger charge is -2.40. The summed E-state index contributed by atoms with van der Waals surface area (Å²) in [6.07, 6.45) is 3.80. The van der Waals surface area contributed by atoms with Gasteiger partial charge in [0.05, 0.1) is 17.1 Å². The van der Waals surface area contributed by atoms with Crippen molar-refractivity contribution in [1.29, 1.82) is 0 Å². The fraction of sp³-hybridized carbons (Fsp3) is 0.296. The maximum absolute atomic E-state index is 13.0. The van der Waals surface area contributed by atoms with Crippen LogP contribution in [0.3, 0.4) is 0 Å². The highest BCUT2D eigenvalue weighted by Gasteiger charge is 2.37. The van der Waals surface area contributed by atoms with Crippen LogP contribution in [0.15, 0.2) is 47.4 Å². The number of allylic oxidation sites excluding steroid dienone is 1. The van der Waals surface area contributed by atoms with E-state index in [1.165, 1.54) is 0 Å². The maximum atomic E-state index is 13.0. The average molecular weight is 526 g/mol. The number of fused-ring (bicyclic) bond motifs is 1. The Bertz CT molecular complexity index is 1300. The molecule has 7 nitrogen and oxygen atoms in total. The first-order chi connectivity index (χ1) is 17.0. The van der Waals surface area contributed by atoms with Gasteiger partial charge in [0.15, 0.2) is 0 Å². The summed E-state index contributed by atoms with van der Waals surface area (Å²) >= 11 is 7.39. The minimum atomic E-state index is -0.522. The number of nitrogens with one attached hydrogen (secondary N) is 1. The van der Waals surface area contributed by atoms with Crippen molar-refractivity contribution in [3.8, 4) is 5.75 Å². The molecule has 4 rings (SSSR count). The molecule has 188 valence electrons. The lowest BCUT2D eigenvalue weighted by atomic mass is 9.88. The van der Waals surface area contributed by atoms with Crippen molar-refractivity contribution in [1.82, 2.24) is 4.90 Å². The van der Waals surface area contributed by atoms with Crippen LogP contribution in [-0.4, -0.2) is 47.7 Å². The number of ether oxygens (including phenoxy) is 1. The summed E-state index contributed by atoms with van der Waals surface area (Å²) in [4.78, 5) is 41.4. The molecule has 2 aromatic carbocycles. The molecule has 0 aromatic heterocycles. The van der Waals surface area contributed by atoms with E-state index in [4.69, 9.17) is 16.3 Å². The van der Waals surface area contributed by atoms with Gasteiger partial charge in [0.2, 0.25) is 5.91 Å². The molecule has 1 saturated heterocycles. The normalized spacial score (nSPS) is 17.8. The first-order valence-electron chi connectivity index (χ1n) is 11.6. The Morgan fingerprint density at radius 3 is 2.56 bits per heavy atom. The SMILES string of the molecule is CCOc1ccc(NC(=O)CN2C(=O)S/C(=C/c3cc4c(cc3Cl)N(C)C(C)(C)C=C4C)C2=O)cc1. The number of carbonyl (C=O) groups excluding carboxylic acids is 3. The lowest BCUT2D eigenvalue weighted by Crippen LogP contribution is -2.42. The first kappa shape index (κ1) is 25.9. The van der Waals surface area contributed by atoms with Gasteiger partial charge >= 0.3 is 0 Å². The monoisotopic (exact) mass is 525 g/mol. The van der Waals surface area contributed by atoms with E-state index in [2.05, 4.69) is 30.1 Å². The molecule has 2 heterocycles. The standard InChI is InChI=1S/C27H28ClN3O4S/c1-6-35-19-9-7-18(8-10-19)29-24(32)15-31-25(33)23(36-26(31)34)12-17-11-20-16(2)14-27(3,4)30(5)22(20)13-21(17)28/h7-14H,6,15H2,1-5H3,(H,29,32)/b23-12+. The summed E-state index contributed by atoms with van der Waals surface area (Å²) in [6, 6.07) is 10.7. The highest BCUT2D eigenvalue weighted by atomic mass is 35.5. The molecule has 2 aromatic rings. The summed E-state index contributed by atoms with van der Waals surface area (Å²) < 4.78 is 5.39. The van der Waals surface area contributed by atoms with Crippen molar-refractivity contribution in [3.05, 3.63) is 63.5 Å². The molecule has 0 saturated carbocycles. The molecule has 0 aliphatic carbocycles. The smallest absolute Gasteiger partial charge is 0.294 e. The van der Waals surface area contributed by atoms with Crippen LogP contribution >= 0.6 is 23.4 Å². The number of carbonyl (C=O) groups is 3. The number of rotatable bonds is 6. The van der Waals surface area contributed by atoms with Crippen LogP contribution in [0, 0.1) is 0 Å². The second kappa shape index (κ2) is 10.0. The molecule has 0 bridgehead atoms. The molecule has 9 heteroatoms. The largest absolute Gasteiger partial charge is 0.494 e. The van der Waals surface area contributed by atoms with Gasteiger partial charge in [-0.05, 0) is 93.1 Å². The maximum Gasteiger partial charge on any atom is 0.294 e. The summed E-state index contributed by atoms with van der Waals surface area (Å²) in [5.41, 5.74) is 4.15. The first-order valence-corrected chi connectivity index (χ1v) is 12.7. The average Bonchev–Trinajstić information content (AvgIpc) is 3.07. The van der Waals surface area contributed by atoms with Crippen molar-refractivity contribution in [2.24, 2.45) is 0 Å². The predicted molar refractivity (Wildman–Crippen MR) is 147 cm³/mol. The third-order valence-electron chi connectivity index (χ3n) is 6.25. The van der Waals surface area contributed by atoms with Crippen molar-refractivity contribution in [2.75, 3.05) is 30.4 Å². The molecule has 1 N–H and O–H groups in total. The number of nitrogens with zero attached hydrogens (tertiary/aromatic N) is 2. The van der Waals surface area contributed by atoms with Crippen LogP contribution in [-0.2, 0) is 9.59 Å². The number of halogens is 1. The number of anilines is 2. The molecule has 0 unspecified atom stereocenters. The zero-order valence-corrected chi connectivity index (χ0v) is 22.4. The van der Waals surface area contributed by atoms with E-state index in [1.54, 1.807) is 30.3 Å². The second-order valence-corrected chi connectivity index (χ2v) is 10.6. The van der Waals surface area contributed by atoms with Crippen LogP contribution < -0.4 is 15.0 Å². The number of hydrogen-bond acceptors (Lipinski definition) is 6. The van der Waals surface area contributed by atoms with E-state index in [1.807, 2.05) is 33.0 Å². The van der Waals surface area contributed by atoms with Crippen molar-refractivity contribution in [2.45, 2.75) is 33.2 Å². The van der Waals surface area contributed by atoms with Gasteiger partial charge in [-0.3, -0.25) is 19.3 Å². The molecule has 2 aliphatic rings. The minimum Gasteiger partial charge on any atom is -0.494 e. The van der Waals surface area contributed by atoms with Gasteiger partial charge in [-0.25, -0.2) is 0 Å². The zero-order chi connectivity index (χ0) is 26.2. The Morgan fingerprint density at radius 2 is 1.89 bits per heavy atom. The van der Waals surface area contributed by atoms with Crippen LogP contribution in [0.25, 0.3) is 11.6 Å².